The van der Waals surface area contributed by atoms with E-state index < -0.39 is 0 Å². The summed E-state index contributed by atoms with van der Waals surface area (Å²) in [7, 11) is 1.59. The second kappa shape index (κ2) is 5.59. The molecule has 2 aromatic rings. The van der Waals surface area contributed by atoms with Crippen LogP contribution in [0.2, 0.25) is 5.02 Å². The van der Waals surface area contributed by atoms with Gasteiger partial charge in [0.25, 0.3) is 0 Å². The molecule has 0 aliphatic heterocycles. The first kappa shape index (κ1) is 13.8. The summed E-state index contributed by atoms with van der Waals surface area (Å²) in [5.41, 5.74) is 0.876. The molecule has 5 nitrogen and oxygen atoms in total. The van der Waals surface area contributed by atoms with Crippen LogP contribution in [0.25, 0.3) is 0 Å². The first-order valence-electron chi connectivity index (χ1n) is 5.86. The number of halogens is 1. The lowest BCUT2D eigenvalue weighted by molar-refractivity contribution is 0.102. The molecule has 102 valence electrons. The molecule has 0 amide bonds. The van der Waals surface area contributed by atoms with Gasteiger partial charge in [0.1, 0.15) is 17.2 Å². The fraction of sp³-hybridized carbons (Fsp3) is 0.385. The fourth-order valence-electron chi connectivity index (χ4n) is 1.92. The Bertz CT molecular complexity index is 601. The summed E-state index contributed by atoms with van der Waals surface area (Å²) in [6, 6.07) is 1.71. The summed E-state index contributed by atoms with van der Waals surface area (Å²) in [4.78, 5) is 12.5. The van der Waals surface area contributed by atoms with Crippen LogP contribution >= 0.6 is 11.6 Å². The number of ketones is 1. The normalized spacial score (nSPS) is 10.9. The number of aryl methyl sites for hydroxylation is 2. The zero-order chi connectivity index (χ0) is 14.0. The minimum atomic E-state index is -0.187. The Kier molecular flexibility index (Phi) is 4.07. The molecular formula is C13H15ClN2O3. The maximum Gasteiger partial charge on any atom is 0.216 e. The van der Waals surface area contributed by atoms with Crippen LogP contribution in [0.15, 0.2) is 16.7 Å². The van der Waals surface area contributed by atoms with Crippen molar-refractivity contribution in [3.8, 4) is 0 Å². The Balaban J connectivity index is 2.38. The maximum atomic E-state index is 12.5. The molecule has 2 rings (SSSR count). The SMILES string of the molecule is COCCn1ncc(Cl)c1C(=O)c1cc(C)oc1C. The molecule has 0 fully saturated rings. The zero-order valence-corrected chi connectivity index (χ0v) is 11.8. The van der Waals surface area contributed by atoms with Crippen LogP contribution in [0.5, 0.6) is 0 Å². The molecule has 2 heterocycles. The third-order valence-electron chi connectivity index (χ3n) is 2.80. The van der Waals surface area contributed by atoms with Crippen LogP contribution in [-0.4, -0.2) is 29.3 Å². The molecular weight excluding hydrogens is 268 g/mol. The lowest BCUT2D eigenvalue weighted by Gasteiger charge is -2.06. The second-order valence-electron chi connectivity index (χ2n) is 4.21. The number of carbonyl (C=O) groups excluding carboxylic acids is 1. The van der Waals surface area contributed by atoms with E-state index in [1.165, 1.54) is 6.20 Å². The van der Waals surface area contributed by atoms with Gasteiger partial charge in [-0.3, -0.25) is 9.48 Å². The number of aromatic nitrogens is 2. The Hall–Kier alpha value is -1.59. The van der Waals surface area contributed by atoms with Crippen molar-refractivity contribution < 1.29 is 13.9 Å². The highest BCUT2D eigenvalue weighted by atomic mass is 35.5. The number of furan rings is 1. The van der Waals surface area contributed by atoms with E-state index in [9.17, 15) is 4.79 Å². The molecule has 0 aromatic carbocycles. The average molecular weight is 283 g/mol. The molecule has 0 aliphatic carbocycles. The van der Waals surface area contributed by atoms with Gasteiger partial charge >= 0.3 is 0 Å². The number of rotatable bonds is 5. The number of carbonyl (C=O) groups is 1. The lowest BCUT2D eigenvalue weighted by atomic mass is 10.1. The van der Waals surface area contributed by atoms with Gasteiger partial charge in [-0.1, -0.05) is 11.6 Å². The number of nitrogens with zero attached hydrogens (tertiary/aromatic N) is 2. The van der Waals surface area contributed by atoms with Crippen molar-refractivity contribution >= 4 is 17.4 Å². The number of ether oxygens (including phenoxy) is 1. The first-order chi connectivity index (χ1) is 9.04. The van der Waals surface area contributed by atoms with Gasteiger partial charge in [-0.25, -0.2) is 0 Å². The van der Waals surface area contributed by atoms with Crippen molar-refractivity contribution in [2.24, 2.45) is 0 Å². The van der Waals surface area contributed by atoms with Crippen LogP contribution in [0.3, 0.4) is 0 Å². The van der Waals surface area contributed by atoms with Crippen molar-refractivity contribution in [2.75, 3.05) is 13.7 Å². The predicted octanol–water partition coefficient (Wildman–Crippen LogP) is 2.62. The molecule has 2 aromatic heterocycles. The fourth-order valence-corrected chi connectivity index (χ4v) is 2.15. The molecule has 0 aliphatic rings. The summed E-state index contributed by atoms with van der Waals surface area (Å²) < 4.78 is 11.9. The van der Waals surface area contributed by atoms with Crippen molar-refractivity contribution in [3.05, 3.63) is 40.1 Å². The highest BCUT2D eigenvalue weighted by molar-refractivity contribution is 6.34. The summed E-state index contributed by atoms with van der Waals surface area (Å²) >= 11 is 6.05. The van der Waals surface area contributed by atoms with E-state index in [4.69, 9.17) is 20.8 Å². The van der Waals surface area contributed by atoms with Gasteiger partial charge in [0.2, 0.25) is 5.78 Å². The van der Waals surface area contributed by atoms with Gasteiger partial charge < -0.3 is 9.15 Å². The molecule has 0 N–H and O–H groups in total. The molecule has 0 unspecified atom stereocenters. The number of hydrogen-bond acceptors (Lipinski definition) is 4. The topological polar surface area (TPSA) is 57.3 Å². The summed E-state index contributed by atoms with van der Waals surface area (Å²) in [5, 5.41) is 4.42. The smallest absolute Gasteiger partial charge is 0.216 e. The van der Waals surface area contributed by atoms with Gasteiger partial charge in [-0.05, 0) is 19.9 Å². The second-order valence-corrected chi connectivity index (χ2v) is 4.62. The maximum absolute atomic E-state index is 12.5. The van der Waals surface area contributed by atoms with Gasteiger partial charge in [-0.2, -0.15) is 5.10 Å². The Morgan fingerprint density at radius 1 is 1.53 bits per heavy atom. The minimum Gasteiger partial charge on any atom is -0.466 e. The highest BCUT2D eigenvalue weighted by Crippen LogP contribution is 2.23. The molecule has 19 heavy (non-hydrogen) atoms. The van der Waals surface area contributed by atoms with Crippen LogP contribution in [0.4, 0.5) is 0 Å². The zero-order valence-electron chi connectivity index (χ0n) is 11.1. The van der Waals surface area contributed by atoms with Crippen LogP contribution in [-0.2, 0) is 11.3 Å². The van der Waals surface area contributed by atoms with E-state index in [-0.39, 0.29) is 5.78 Å². The third kappa shape index (κ3) is 2.72. The van der Waals surface area contributed by atoms with E-state index in [2.05, 4.69) is 5.10 Å². The lowest BCUT2D eigenvalue weighted by Crippen LogP contribution is -2.15. The van der Waals surface area contributed by atoms with E-state index in [1.807, 2.05) is 0 Å². The molecule has 0 atom stereocenters. The van der Waals surface area contributed by atoms with E-state index in [0.717, 1.165) is 0 Å². The first-order valence-corrected chi connectivity index (χ1v) is 6.24. The molecule has 6 heteroatoms. The Morgan fingerprint density at radius 3 is 2.84 bits per heavy atom. The van der Waals surface area contributed by atoms with Crippen molar-refractivity contribution in [1.82, 2.24) is 9.78 Å². The van der Waals surface area contributed by atoms with E-state index in [1.54, 1.807) is 31.7 Å². The number of hydrogen-bond donors (Lipinski definition) is 0. The molecule has 0 radical (unpaired) electrons. The summed E-state index contributed by atoms with van der Waals surface area (Å²) in [6.45, 7) is 4.49. The predicted molar refractivity (Wildman–Crippen MR) is 70.7 cm³/mol. The van der Waals surface area contributed by atoms with Crippen LogP contribution < -0.4 is 0 Å². The third-order valence-corrected chi connectivity index (χ3v) is 3.08. The van der Waals surface area contributed by atoms with Gasteiger partial charge in [0.15, 0.2) is 0 Å². The standard InChI is InChI=1S/C13H15ClN2O3/c1-8-6-10(9(2)19-8)13(17)12-11(14)7-15-16(12)4-5-18-3/h6-7H,4-5H2,1-3H3. The number of methoxy groups -OCH3 is 1. The molecule has 0 bridgehead atoms. The highest BCUT2D eigenvalue weighted by Gasteiger charge is 2.22. The summed E-state index contributed by atoms with van der Waals surface area (Å²) in [6.07, 6.45) is 1.47. The van der Waals surface area contributed by atoms with Crippen LogP contribution in [0.1, 0.15) is 27.6 Å². The summed E-state index contributed by atoms with van der Waals surface area (Å²) in [5.74, 6) is 1.09. The Morgan fingerprint density at radius 2 is 2.26 bits per heavy atom. The largest absolute Gasteiger partial charge is 0.466 e. The van der Waals surface area contributed by atoms with Crippen LogP contribution in [0, 0.1) is 13.8 Å². The van der Waals surface area contributed by atoms with E-state index >= 15 is 0 Å². The minimum absolute atomic E-state index is 0.187. The molecule has 0 saturated carbocycles. The van der Waals surface area contributed by atoms with Crippen molar-refractivity contribution in [3.63, 3.8) is 0 Å². The van der Waals surface area contributed by atoms with E-state index in [0.29, 0.717) is 41.0 Å². The van der Waals surface area contributed by atoms with Gasteiger partial charge in [-0.15, -0.1) is 0 Å². The van der Waals surface area contributed by atoms with Gasteiger partial charge in [0.05, 0.1) is 29.9 Å². The molecule has 0 spiro atoms. The average Bonchev–Trinajstić information content (AvgIpc) is 2.89. The van der Waals surface area contributed by atoms with Crippen molar-refractivity contribution in [1.29, 1.82) is 0 Å². The quantitative estimate of drug-likeness (QED) is 0.791. The van der Waals surface area contributed by atoms with Gasteiger partial charge in [0, 0.05) is 7.11 Å². The molecule has 0 saturated heterocycles. The monoisotopic (exact) mass is 282 g/mol. The Labute approximate surface area is 116 Å². The van der Waals surface area contributed by atoms with Crippen molar-refractivity contribution in [2.45, 2.75) is 20.4 Å².